The molecule has 2 nitrogen and oxygen atoms in total. The van der Waals surface area contributed by atoms with E-state index in [1.165, 1.54) is 97.7 Å². The van der Waals surface area contributed by atoms with Gasteiger partial charge in [-0.2, -0.15) is 0 Å². The molecule has 0 radical (unpaired) electrons. The van der Waals surface area contributed by atoms with Crippen molar-refractivity contribution in [2.45, 2.75) is 0 Å². The number of benzene rings is 8. The minimum absolute atomic E-state index is 0.0129. The minimum Gasteiger partial charge on any atom is -0.374 e. The highest BCUT2D eigenvalue weighted by Gasteiger charge is 2.44. The predicted molar refractivity (Wildman–Crippen MR) is 224 cm³/mol. The molecule has 4 heteroatoms. The molecular formula is C48H29BN2S. The van der Waals surface area contributed by atoms with Crippen LogP contribution in [0.3, 0.4) is 0 Å². The SMILES string of the molecule is c1ccc(-c2ccc(N3c4ccc(-c5ccccc5)cc4B4c5c3cc3ccccc3c5-c3cccc5c6sc7ccccc7c6n4c35)cc2)cc1. The number of hydrogen-bond donors (Lipinski definition) is 0. The van der Waals surface area contributed by atoms with Crippen molar-refractivity contribution in [2.24, 2.45) is 0 Å². The molecule has 0 saturated heterocycles. The van der Waals surface area contributed by atoms with Gasteiger partial charge in [-0.25, -0.2) is 0 Å². The number of anilines is 3. The predicted octanol–water partition coefficient (Wildman–Crippen LogP) is 11.9. The van der Waals surface area contributed by atoms with Crippen molar-refractivity contribution in [1.82, 2.24) is 4.48 Å². The van der Waals surface area contributed by atoms with Gasteiger partial charge in [-0.05, 0) is 79.8 Å². The summed E-state index contributed by atoms with van der Waals surface area (Å²) in [4.78, 5) is 2.53. The topological polar surface area (TPSA) is 8.17 Å². The van der Waals surface area contributed by atoms with Crippen LogP contribution in [0.15, 0.2) is 176 Å². The molecule has 0 amide bonds. The van der Waals surface area contributed by atoms with Crippen LogP contribution in [0.1, 0.15) is 0 Å². The summed E-state index contributed by atoms with van der Waals surface area (Å²) >= 11 is 1.93. The summed E-state index contributed by atoms with van der Waals surface area (Å²) in [6.45, 7) is -0.0129. The molecule has 240 valence electrons. The van der Waals surface area contributed by atoms with E-state index < -0.39 is 0 Å². The summed E-state index contributed by atoms with van der Waals surface area (Å²) < 4.78 is 5.42. The Kier molecular flexibility index (Phi) is 5.77. The third kappa shape index (κ3) is 3.79. The zero-order valence-electron chi connectivity index (χ0n) is 28.1. The molecule has 2 aromatic heterocycles. The van der Waals surface area contributed by atoms with E-state index in [-0.39, 0.29) is 6.85 Å². The molecule has 0 spiro atoms. The molecule has 0 saturated carbocycles. The Balaban J connectivity index is 1.23. The van der Waals surface area contributed by atoms with Crippen LogP contribution in [0.25, 0.3) is 75.4 Å². The average Bonchev–Trinajstić information content (AvgIpc) is 3.75. The second-order valence-electron chi connectivity index (χ2n) is 14.0. The molecule has 0 aliphatic carbocycles. The van der Waals surface area contributed by atoms with Gasteiger partial charge in [0, 0.05) is 43.6 Å². The van der Waals surface area contributed by atoms with Gasteiger partial charge in [0.2, 0.25) is 0 Å². The first kappa shape index (κ1) is 28.4. The second kappa shape index (κ2) is 10.6. The van der Waals surface area contributed by atoms with Gasteiger partial charge in [0.1, 0.15) is 0 Å². The number of aromatic nitrogens is 1. The van der Waals surface area contributed by atoms with E-state index in [0.717, 1.165) is 5.69 Å². The van der Waals surface area contributed by atoms with Gasteiger partial charge >= 0.3 is 6.85 Å². The lowest BCUT2D eigenvalue weighted by atomic mass is 9.44. The third-order valence-electron chi connectivity index (χ3n) is 11.3. The Bertz CT molecular complexity index is 3070. The Morgan fingerprint density at radius 1 is 0.462 bits per heavy atom. The molecule has 4 heterocycles. The van der Waals surface area contributed by atoms with Gasteiger partial charge in [0.05, 0.1) is 10.2 Å². The van der Waals surface area contributed by atoms with Crippen molar-refractivity contribution in [3.05, 3.63) is 176 Å². The number of hydrogen-bond acceptors (Lipinski definition) is 2. The highest BCUT2D eigenvalue weighted by Crippen LogP contribution is 2.50. The van der Waals surface area contributed by atoms with Gasteiger partial charge < -0.3 is 9.38 Å². The maximum absolute atomic E-state index is 2.71. The van der Waals surface area contributed by atoms with Gasteiger partial charge in [-0.1, -0.05) is 146 Å². The van der Waals surface area contributed by atoms with Crippen molar-refractivity contribution in [3.8, 4) is 33.4 Å². The van der Waals surface area contributed by atoms with Crippen LogP contribution in [0.2, 0.25) is 0 Å². The van der Waals surface area contributed by atoms with Crippen LogP contribution in [-0.4, -0.2) is 11.3 Å². The zero-order valence-corrected chi connectivity index (χ0v) is 28.9. The summed E-state index contributed by atoms with van der Waals surface area (Å²) in [7, 11) is 0. The number of rotatable bonds is 3. The third-order valence-corrected chi connectivity index (χ3v) is 12.5. The summed E-state index contributed by atoms with van der Waals surface area (Å²) in [5.74, 6) is 0. The summed E-state index contributed by atoms with van der Waals surface area (Å²) in [6.07, 6.45) is 0. The molecule has 12 rings (SSSR count). The molecule has 8 aromatic carbocycles. The molecule has 0 bridgehead atoms. The van der Waals surface area contributed by atoms with E-state index in [4.69, 9.17) is 0 Å². The van der Waals surface area contributed by atoms with Crippen LogP contribution < -0.4 is 15.8 Å². The van der Waals surface area contributed by atoms with Crippen molar-refractivity contribution in [2.75, 3.05) is 4.90 Å². The Morgan fingerprint density at radius 3 is 1.92 bits per heavy atom. The number of nitrogens with zero attached hydrogens (tertiary/aromatic N) is 2. The van der Waals surface area contributed by atoms with Crippen molar-refractivity contribution >= 4 is 88.2 Å². The standard InChI is InChI=1S/C48H29BN2S/c1-3-12-30(13-4-1)32-22-25-35(26-23-32)50-41-27-24-33(31-14-5-2-6-15-31)28-40(41)49-45-42(50)29-34-16-7-8-17-36(34)44(45)38-19-11-20-39-46(38)51(49)47-37-18-9-10-21-43(37)52-48(39)47/h1-29H. The maximum Gasteiger partial charge on any atom is 0.333 e. The van der Waals surface area contributed by atoms with E-state index >= 15 is 0 Å². The summed E-state index contributed by atoms with van der Waals surface area (Å²) in [6, 6.07) is 65.2. The Labute approximate surface area is 305 Å². The van der Waals surface area contributed by atoms with Crippen molar-refractivity contribution in [3.63, 3.8) is 0 Å². The van der Waals surface area contributed by atoms with E-state index in [1.807, 2.05) is 11.3 Å². The van der Waals surface area contributed by atoms with E-state index in [2.05, 4.69) is 185 Å². The van der Waals surface area contributed by atoms with Gasteiger partial charge in [-0.15, -0.1) is 11.3 Å². The molecule has 10 aromatic rings. The normalized spacial score (nSPS) is 12.9. The van der Waals surface area contributed by atoms with E-state index in [1.54, 1.807) is 0 Å². The van der Waals surface area contributed by atoms with Crippen LogP contribution in [0.4, 0.5) is 17.1 Å². The van der Waals surface area contributed by atoms with Crippen molar-refractivity contribution < 1.29 is 0 Å². The first-order chi connectivity index (χ1) is 25.8. The average molecular weight is 677 g/mol. The minimum atomic E-state index is -0.0129. The van der Waals surface area contributed by atoms with Crippen LogP contribution in [0.5, 0.6) is 0 Å². The maximum atomic E-state index is 2.71. The van der Waals surface area contributed by atoms with Gasteiger partial charge in [-0.3, -0.25) is 0 Å². The fourth-order valence-electron chi connectivity index (χ4n) is 9.16. The molecular weight excluding hydrogens is 647 g/mol. The Hall–Kier alpha value is -6.36. The lowest BCUT2D eigenvalue weighted by Gasteiger charge is -2.41. The molecule has 0 fully saturated rings. The molecule has 2 aliphatic rings. The monoisotopic (exact) mass is 676 g/mol. The fraction of sp³-hybridized carbons (Fsp3) is 0. The van der Waals surface area contributed by atoms with E-state index in [0.29, 0.717) is 0 Å². The van der Waals surface area contributed by atoms with Gasteiger partial charge in [0.15, 0.2) is 0 Å². The quantitative estimate of drug-likeness (QED) is 0.169. The molecule has 0 N–H and O–H groups in total. The van der Waals surface area contributed by atoms with E-state index in [9.17, 15) is 0 Å². The zero-order chi connectivity index (χ0) is 33.9. The first-order valence-corrected chi connectivity index (χ1v) is 18.8. The summed E-state index contributed by atoms with van der Waals surface area (Å²) in [5, 5.41) is 5.24. The fourth-order valence-corrected chi connectivity index (χ4v) is 10.4. The second-order valence-corrected chi connectivity index (χ2v) is 15.1. The Morgan fingerprint density at radius 2 is 1.12 bits per heavy atom. The lowest BCUT2D eigenvalue weighted by molar-refractivity contribution is 1.26. The largest absolute Gasteiger partial charge is 0.374 e. The molecule has 0 atom stereocenters. The number of para-hydroxylation sites is 1. The lowest BCUT2D eigenvalue weighted by Crippen LogP contribution is -2.56. The molecule has 52 heavy (non-hydrogen) atoms. The molecule has 0 unspecified atom stereocenters. The highest BCUT2D eigenvalue weighted by molar-refractivity contribution is 7.27. The van der Waals surface area contributed by atoms with Crippen molar-refractivity contribution in [1.29, 1.82) is 0 Å². The summed E-state index contributed by atoms with van der Waals surface area (Å²) in [5.41, 5.74) is 16.6. The number of thiophene rings is 1. The number of fused-ring (bicyclic) bond motifs is 11. The first-order valence-electron chi connectivity index (χ1n) is 18.0. The highest BCUT2D eigenvalue weighted by atomic mass is 32.1. The smallest absolute Gasteiger partial charge is 0.333 e. The van der Waals surface area contributed by atoms with Crippen LogP contribution in [-0.2, 0) is 0 Å². The van der Waals surface area contributed by atoms with Crippen LogP contribution in [0, 0.1) is 0 Å². The van der Waals surface area contributed by atoms with Crippen LogP contribution >= 0.6 is 11.3 Å². The van der Waals surface area contributed by atoms with Gasteiger partial charge in [0.25, 0.3) is 0 Å². The molecule has 2 aliphatic heterocycles.